The van der Waals surface area contributed by atoms with Crippen molar-refractivity contribution in [3.8, 4) is 0 Å². The molecule has 0 saturated heterocycles. The van der Waals surface area contributed by atoms with Crippen LogP contribution in [-0.4, -0.2) is 45.0 Å². The topological polar surface area (TPSA) is 83.8 Å². The van der Waals surface area contributed by atoms with E-state index in [1.807, 2.05) is 32.7 Å². The second-order valence-corrected chi connectivity index (χ2v) is 16.2. The van der Waals surface area contributed by atoms with Gasteiger partial charge in [0.15, 0.2) is 16.6 Å². The van der Waals surface area contributed by atoms with Gasteiger partial charge in [-0.3, -0.25) is 0 Å². The van der Waals surface area contributed by atoms with E-state index in [1.54, 1.807) is 0 Å². The van der Waals surface area contributed by atoms with Gasteiger partial charge in [0, 0.05) is 5.57 Å². The number of aliphatic carboxylic acids is 2. The van der Waals surface area contributed by atoms with Crippen molar-refractivity contribution in [2.24, 2.45) is 0 Å². The highest BCUT2D eigenvalue weighted by Crippen LogP contribution is 2.29. The lowest BCUT2D eigenvalue weighted by Crippen LogP contribution is -2.42. The fourth-order valence-corrected chi connectivity index (χ4v) is 10.5. The third-order valence-corrected chi connectivity index (χ3v) is 9.26. The predicted octanol–water partition coefficient (Wildman–Crippen LogP) is 4.24. The third-order valence-electron chi connectivity index (χ3n) is 3.05. The van der Waals surface area contributed by atoms with E-state index in [2.05, 4.69) is 0 Å². The molecule has 0 fully saturated rings. The first kappa shape index (κ1) is 22.9. The summed E-state index contributed by atoms with van der Waals surface area (Å²) in [6.07, 6.45) is -6.47. The summed E-state index contributed by atoms with van der Waals surface area (Å²) >= 11 is 0. The first-order valence-corrected chi connectivity index (χ1v) is 14.0. The minimum atomic E-state index is -4.77. The molecule has 0 aromatic heterocycles. The van der Waals surface area contributed by atoms with Gasteiger partial charge in [0.2, 0.25) is 0 Å². The van der Waals surface area contributed by atoms with Crippen LogP contribution in [0.2, 0.25) is 38.8 Å². The van der Waals surface area contributed by atoms with Gasteiger partial charge in [-0.2, -0.15) is 13.2 Å². The van der Waals surface area contributed by atoms with Crippen LogP contribution in [0, 0.1) is 0 Å². The van der Waals surface area contributed by atoms with Crippen molar-refractivity contribution >= 4 is 28.6 Å². The molecule has 24 heavy (non-hydrogen) atoms. The third kappa shape index (κ3) is 9.88. The zero-order chi connectivity index (χ0) is 19.3. The fourth-order valence-electron chi connectivity index (χ4n) is 2.47. The maximum atomic E-state index is 12.5. The second kappa shape index (κ2) is 8.30. The van der Waals surface area contributed by atoms with Crippen molar-refractivity contribution in [2.75, 3.05) is 0 Å². The summed E-state index contributed by atoms with van der Waals surface area (Å²) in [6.45, 7) is 10.00. The molecule has 0 saturated carbocycles. The molecular formula is C14H25F3O5Si2. The first-order valence-electron chi connectivity index (χ1n) is 7.49. The van der Waals surface area contributed by atoms with Crippen LogP contribution in [0.1, 0.15) is 19.3 Å². The van der Waals surface area contributed by atoms with Crippen molar-refractivity contribution in [3.63, 3.8) is 0 Å². The molecule has 0 aliphatic rings. The lowest BCUT2D eigenvalue weighted by Gasteiger charge is -2.31. The number of hydrogen-bond acceptors (Lipinski definition) is 3. The SMILES string of the molecule is C[Si](C)(C)O[Si](C)(C)CCC/C(C(=O)O)=C(/CC(F)(F)F)C(=O)O. The normalized spacial score (nSPS) is 14.3. The number of carboxylic acids is 2. The van der Waals surface area contributed by atoms with Crippen molar-refractivity contribution in [2.45, 2.75) is 64.2 Å². The maximum absolute atomic E-state index is 12.5. The molecule has 0 amide bonds. The molecule has 0 rings (SSSR count). The molecule has 0 aliphatic heterocycles. The zero-order valence-electron chi connectivity index (χ0n) is 14.6. The van der Waals surface area contributed by atoms with Crippen LogP contribution in [0.5, 0.6) is 0 Å². The van der Waals surface area contributed by atoms with E-state index in [0.29, 0.717) is 6.04 Å². The Labute approximate surface area is 141 Å². The molecule has 5 nitrogen and oxygen atoms in total. The summed E-state index contributed by atoms with van der Waals surface area (Å²) in [5, 5.41) is 18.0. The summed E-state index contributed by atoms with van der Waals surface area (Å²) in [7, 11) is -3.85. The van der Waals surface area contributed by atoms with Crippen molar-refractivity contribution < 1.29 is 37.1 Å². The second-order valence-electron chi connectivity index (χ2n) is 7.19. The van der Waals surface area contributed by atoms with E-state index in [9.17, 15) is 22.8 Å². The first-order chi connectivity index (χ1) is 10.5. The summed E-state index contributed by atoms with van der Waals surface area (Å²) in [6, 6.07) is 0.549. The fraction of sp³-hybridized carbons (Fsp3) is 0.714. The summed E-state index contributed by atoms with van der Waals surface area (Å²) < 4.78 is 43.5. The van der Waals surface area contributed by atoms with Crippen LogP contribution in [0.25, 0.3) is 0 Å². The van der Waals surface area contributed by atoms with E-state index in [4.69, 9.17) is 14.3 Å². The number of hydrogen-bond donors (Lipinski definition) is 2. The Bertz CT molecular complexity index is 508. The van der Waals surface area contributed by atoms with Crippen LogP contribution >= 0.6 is 0 Å². The Balaban J connectivity index is 5.18. The van der Waals surface area contributed by atoms with E-state index in [0.717, 1.165) is 0 Å². The average Bonchev–Trinajstić information content (AvgIpc) is 2.27. The molecule has 0 atom stereocenters. The largest absolute Gasteiger partial charge is 0.478 e. The molecule has 0 radical (unpaired) electrons. The average molecular weight is 387 g/mol. The van der Waals surface area contributed by atoms with Gasteiger partial charge in [-0.1, -0.05) is 0 Å². The number of halogens is 3. The molecule has 140 valence electrons. The predicted molar refractivity (Wildman–Crippen MR) is 88.9 cm³/mol. The van der Waals surface area contributed by atoms with Crippen LogP contribution < -0.4 is 0 Å². The number of carboxylic acid groups (broad SMARTS) is 2. The van der Waals surface area contributed by atoms with Gasteiger partial charge in [-0.05, 0) is 51.6 Å². The van der Waals surface area contributed by atoms with Gasteiger partial charge in [-0.25, -0.2) is 9.59 Å². The van der Waals surface area contributed by atoms with Crippen LogP contribution in [0.3, 0.4) is 0 Å². The summed E-state index contributed by atoms with van der Waals surface area (Å²) in [4.78, 5) is 22.3. The molecule has 0 spiro atoms. The zero-order valence-corrected chi connectivity index (χ0v) is 16.6. The van der Waals surface area contributed by atoms with Gasteiger partial charge in [-0.15, -0.1) is 0 Å². The van der Waals surface area contributed by atoms with Gasteiger partial charge in [0.25, 0.3) is 0 Å². The number of alkyl halides is 3. The van der Waals surface area contributed by atoms with Crippen LogP contribution in [0.15, 0.2) is 11.1 Å². The molecule has 0 heterocycles. The lowest BCUT2D eigenvalue weighted by molar-refractivity contribution is -0.144. The molecule has 10 heteroatoms. The minimum absolute atomic E-state index is 0.224. The van der Waals surface area contributed by atoms with E-state index < -0.39 is 52.3 Å². The van der Waals surface area contributed by atoms with Gasteiger partial charge in [0.1, 0.15) is 0 Å². The summed E-state index contributed by atoms with van der Waals surface area (Å²) in [5.41, 5.74) is -1.78. The van der Waals surface area contributed by atoms with E-state index in [1.165, 1.54) is 0 Å². The molecule has 0 aliphatic carbocycles. The molecular weight excluding hydrogens is 361 g/mol. The highest BCUT2D eigenvalue weighted by atomic mass is 28.4. The lowest BCUT2D eigenvalue weighted by atomic mass is 10.0. The van der Waals surface area contributed by atoms with Gasteiger partial charge < -0.3 is 14.3 Å². The molecule has 0 bridgehead atoms. The highest BCUT2D eigenvalue weighted by molar-refractivity contribution is 6.84. The molecule has 0 aromatic rings. The molecule has 0 unspecified atom stereocenters. The van der Waals surface area contributed by atoms with Crippen molar-refractivity contribution in [3.05, 3.63) is 11.1 Å². The van der Waals surface area contributed by atoms with Crippen LogP contribution in [0.4, 0.5) is 13.2 Å². The smallest absolute Gasteiger partial charge is 0.393 e. The number of carbonyl (C=O) groups is 2. The van der Waals surface area contributed by atoms with E-state index in [-0.39, 0.29) is 12.8 Å². The number of rotatable bonds is 9. The van der Waals surface area contributed by atoms with Gasteiger partial charge in [0.05, 0.1) is 12.0 Å². The highest BCUT2D eigenvalue weighted by Gasteiger charge is 2.35. The monoisotopic (exact) mass is 386 g/mol. The summed E-state index contributed by atoms with van der Waals surface area (Å²) in [5.74, 6) is -3.47. The maximum Gasteiger partial charge on any atom is 0.393 e. The Morgan fingerprint density at radius 2 is 1.42 bits per heavy atom. The molecule has 0 aromatic carbocycles. The minimum Gasteiger partial charge on any atom is -0.478 e. The van der Waals surface area contributed by atoms with Crippen molar-refractivity contribution in [1.82, 2.24) is 0 Å². The Kier molecular flexibility index (Phi) is 7.91. The Hall–Kier alpha value is -1.14. The Morgan fingerprint density at radius 3 is 1.75 bits per heavy atom. The van der Waals surface area contributed by atoms with Crippen LogP contribution in [-0.2, 0) is 13.7 Å². The quantitative estimate of drug-likeness (QED) is 0.457. The van der Waals surface area contributed by atoms with E-state index >= 15 is 0 Å². The van der Waals surface area contributed by atoms with Crippen molar-refractivity contribution in [1.29, 1.82) is 0 Å². The van der Waals surface area contributed by atoms with Gasteiger partial charge >= 0.3 is 18.1 Å². The Morgan fingerprint density at radius 1 is 0.958 bits per heavy atom. The standard InChI is InChI=1S/C14H25F3O5Si2/c1-23(2,3)22-24(4,5)8-6-7-10(12(18)19)11(13(20)21)9-14(15,16)17/h6-9H2,1-5H3,(H,18,19)(H,20,21)/b11-10+. The molecule has 2 N–H and O–H groups in total.